The van der Waals surface area contributed by atoms with Crippen molar-refractivity contribution in [2.45, 2.75) is 6.92 Å². The van der Waals surface area contributed by atoms with Crippen LogP contribution in [0.1, 0.15) is 6.92 Å². The lowest BCUT2D eigenvalue weighted by atomic mass is 10.0. The summed E-state index contributed by atoms with van der Waals surface area (Å²) in [5.74, 6) is 1.81. The SMILES string of the molecule is CCOc1ccc(-c2ccc(-c3nnc(-c4ccc(N(c5ccccc5)c5ccc(N(c6ccccc6)c6ccccc6)cc5)cc4)o3)cc2)cc1. The molecule has 0 unspecified atom stereocenters. The fourth-order valence-electron chi connectivity index (χ4n) is 6.30. The van der Waals surface area contributed by atoms with Crippen molar-refractivity contribution in [2.24, 2.45) is 0 Å². The highest BCUT2D eigenvalue weighted by Gasteiger charge is 2.17. The number of nitrogens with zero attached hydrogens (tertiary/aromatic N) is 4. The Hall–Kier alpha value is -6.92. The van der Waals surface area contributed by atoms with Crippen molar-refractivity contribution < 1.29 is 9.15 Å². The molecular weight excluding hydrogens is 641 g/mol. The molecule has 52 heavy (non-hydrogen) atoms. The van der Waals surface area contributed by atoms with E-state index in [1.165, 1.54) is 0 Å². The fourth-order valence-corrected chi connectivity index (χ4v) is 6.30. The molecule has 0 radical (unpaired) electrons. The molecule has 0 aliphatic rings. The van der Waals surface area contributed by atoms with Crippen molar-refractivity contribution >= 4 is 34.1 Å². The molecule has 0 amide bonds. The van der Waals surface area contributed by atoms with Crippen molar-refractivity contribution in [1.29, 1.82) is 0 Å². The van der Waals surface area contributed by atoms with Gasteiger partial charge in [0.15, 0.2) is 0 Å². The van der Waals surface area contributed by atoms with Crippen molar-refractivity contribution in [1.82, 2.24) is 10.2 Å². The van der Waals surface area contributed by atoms with Crippen LogP contribution < -0.4 is 14.5 Å². The molecule has 0 fully saturated rings. The second kappa shape index (κ2) is 14.9. The third-order valence-corrected chi connectivity index (χ3v) is 8.84. The highest BCUT2D eigenvalue weighted by molar-refractivity contribution is 5.81. The summed E-state index contributed by atoms with van der Waals surface area (Å²) in [6, 6.07) is 64.4. The Morgan fingerprint density at radius 2 is 0.692 bits per heavy atom. The van der Waals surface area contributed by atoms with Crippen molar-refractivity contribution in [2.75, 3.05) is 16.4 Å². The van der Waals surface area contributed by atoms with E-state index in [2.05, 4.69) is 153 Å². The molecule has 8 aromatic rings. The van der Waals surface area contributed by atoms with Crippen LogP contribution in [0, 0.1) is 0 Å². The van der Waals surface area contributed by atoms with Crippen molar-refractivity contribution in [3.05, 3.63) is 188 Å². The van der Waals surface area contributed by atoms with Crippen molar-refractivity contribution in [3.63, 3.8) is 0 Å². The van der Waals surface area contributed by atoms with Crippen molar-refractivity contribution in [3.8, 4) is 39.8 Å². The second-order valence-electron chi connectivity index (χ2n) is 12.2. The predicted octanol–water partition coefficient (Wildman–Crippen LogP) is 12.4. The molecule has 0 atom stereocenters. The zero-order valence-corrected chi connectivity index (χ0v) is 28.7. The minimum Gasteiger partial charge on any atom is -0.494 e. The zero-order chi connectivity index (χ0) is 35.1. The van der Waals surface area contributed by atoms with E-state index in [9.17, 15) is 0 Å². The van der Waals surface area contributed by atoms with E-state index < -0.39 is 0 Å². The van der Waals surface area contributed by atoms with E-state index in [0.29, 0.717) is 18.4 Å². The molecule has 6 heteroatoms. The van der Waals surface area contributed by atoms with Crippen LogP contribution >= 0.6 is 0 Å². The smallest absolute Gasteiger partial charge is 0.248 e. The van der Waals surface area contributed by atoms with Gasteiger partial charge in [0.05, 0.1) is 6.61 Å². The maximum atomic E-state index is 6.17. The Labute approximate surface area is 303 Å². The lowest BCUT2D eigenvalue weighted by molar-refractivity contribution is 0.340. The first kappa shape index (κ1) is 32.3. The highest BCUT2D eigenvalue weighted by Crippen LogP contribution is 2.39. The zero-order valence-electron chi connectivity index (χ0n) is 28.7. The van der Waals surface area contributed by atoms with Crippen LogP contribution in [0.4, 0.5) is 34.1 Å². The van der Waals surface area contributed by atoms with E-state index >= 15 is 0 Å². The molecule has 0 spiro atoms. The second-order valence-corrected chi connectivity index (χ2v) is 12.2. The number of aromatic nitrogens is 2. The number of benzene rings is 7. The fraction of sp³-hybridized carbons (Fsp3) is 0.0435. The Morgan fingerprint density at radius 3 is 1.08 bits per heavy atom. The third-order valence-electron chi connectivity index (χ3n) is 8.84. The first-order valence-corrected chi connectivity index (χ1v) is 17.4. The summed E-state index contributed by atoms with van der Waals surface area (Å²) in [5, 5.41) is 8.76. The predicted molar refractivity (Wildman–Crippen MR) is 211 cm³/mol. The molecule has 0 saturated heterocycles. The summed E-state index contributed by atoms with van der Waals surface area (Å²) < 4.78 is 11.7. The number of hydrogen-bond donors (Lipinski definition) is 0. The quantitative estimate of drug-likeness (QED) is 0.136. The van der Waals surface area contributed by atoms with E-state index in [1.807, 2.05) is 61.5 Å². The normalized spacial score (nSPS) is 10.9. The van der Waals surface area contributed by atoms with Gasteiger partial charge in [-0.25, -0.2) is 0 Å². The van der Waals surface area contributed by atoms with Gasteiger partial charge in [-0.2, -0.15) is 0 Å². The maximum absolute atomic E-state index is 6.17. The average molecular weight is 677 g/mol. The minimum atomic E-state index is 0.467. The molecule has 0 saturated carbocycles. The van der Waals surface area contributed by atoms with Gasteiger partial charge in [-0.15, -0.1) is 10.2 Å². The minimum absolute atomic E-state index is 0.467. The van der Waals surface area contributed by atoms with Crippen LogP contribution in [0.15, 0.2) is 192 Å². The highest BCUT2D eigenvalue weighted by atomic mass is 16.5. The largest absolute Gasteiger partial charge is 0.494 e. The molecule has 0 N–H and O–H groups in total. The molecule has 1 aromatic heterocycles. The van der Waals surface area contributed by atoms with Crippen LogP contribution in [0.5, 0.6) is 5.75 Å². The van der Waals surface area contributed by atoms with E-state index in [-0.39, 0.29) is 0 Å². The topological polar surface area (TPSA) is 54.6 Å². The van der Waals surface area contributed by atoms with Crippen LogP contribution in [0.3, 0.4) is 0 Å². The monoisotopic (exact) mass is 676 g/mol. The number of ether oxygens (including phenoxy) is 1. The Balaban J connectivity index is 1.04. The molecule has 6 nitrogen and oxygen atoms in total. The molecule has 0 aliphatic carbocycles. The number of para-hydroxylation sites is 3. The molecule has 0 bridgehead atoms. The Bertz CT molecular complexity index is 2290. The van der Waals surface area contributed by atoms with E-state index in [0.717, 1.165) is 62.1 Å². The number of rotatable bonds is 11. The third kappa shape index (κ3) is 6.91. The Morgan fingerprint density at radius 1 is 0.385 bits per heavy atom. The summed E-state index contributed by atoms with van der Waals surface area (Å²) in [7, 11) is 0. The lowest BCUT2D eigenvalue weighted by Gasteiger charge is -2.28. The molecule has 1 heterocycles. The van der Waals surface area contributed by atoms with Gasteiger partial charge in [-0.05, 0) is 127 Å². The van der Waals surface area contributed by atoms with Gasteiger partial charge >= 0.3 is 0 Å². The molecule has 8 rings (SSSR count). The lowest BCUT2D eigenvalue weighted by Crippen LogP contribution is -2.12. The van der Waals surface area contributed by atoms with Gasteiger partial charge in [-0.1, -0.05) is 78.9 Å². The summed E-state index contributed by atoms with van der Waals surface area (Å²) in [4.78, 5) is 4.51. The van der Waals surface area contributed by atoms with E-state index in [1.54, 1.807) is 0 Å². The summed E-state index contributed by atoms with van der Waals surface area (Å²) >= 11 is 0. The van der Waals surface area contributed by atoms with Gasteiger partial charge in [-0.3, -0.25) is 0 Å². The standard InChI is InChI=1S/C46H36N4O2/c1-2-51-44-32-24-35(25-33-44)34-18-20-36(21-19-34)45-47-48-46(52-45)37-22-26-41(27-23-37)50(40-16-10-5-11-17-40)43-30-28-42(29-31-43)49(38-12-6-3-7-13-38)39-14-8-4-9-15-39/h3-33H,2H2,1H3. The molecular formula is C46H36N4O2. The summed E-state index contributed by atoms with van der Waals surface area (Å²) in [5.41, 5.74) is 10.3. The van der Waals surface area contributed by atoms with Crippen LogP contribution in [0.2, 0.25) is 0 Å². The van der Waals surface area contributed by atoms with Gasteiger partial charge < -0.3 is 19.0 Å². The summed E-state index contributed by atoms with van der Waals surface area (Å²) in [6.07, 6.45) is 0. The van der Waals surface area contributed by atoms with Crippen LogP contribution in [-0.4, -0.2) is 16.8 Å². The Kier molecular flexibility index (Phi) is 9.26. The first-order valence-electron chi connectivity index (χ1n) is 17.4. The average Bonchev–Trinajstić information content (AvgIpc) is 3.72. The molecule has 252 valence electrons. The number of anilines is 6. The van der Waals surface area contributed by atoms with Gasteiger partial charge in [0.1, 0.15) is 5.75 Å². The first-order chi connectivity index (χ1) is 25.7. The number of hydrogen-bond acceptors (Lipinski definition) is 6. The molecule has 0 aliphatic heterocycles. The summed E-state index contributed by atoms with van der Waals surface area (Å²) in [6.45, 7) is 2.63. The van der Waals surface area contributed by atoms with Crippen LogP contribution in [-0.2, 0) is 0 Å². The van der Waals surface area contributed by atoms with Gasteiger partial charge in [0.25, 0.3) is 0 Å². The van der Waals surface area contributed by atoms with Gasteiger partial charge in [0, 0.05) is 45.3 Å². The maximum Gasteiger partial charge on any atom is 0.248 e. The van der Waals surface area contributed by atoms with Gasteiger partial charge in [0.2, 0.25) is 11.8 Å². The van der Waals surface area contributed by atoms with Crippen LogP contribution in [0.25, 0.3) is 34.0 Å². The molecule has 7 aromatic carbocycles. The van der Waals surface area contributed by atoms with E-state index in [4.69, 9.17) is 9.15 Å².